The van der Waals surface area contributed by atoms with Crippen molar-refractivity contribution in [2.75, 3.05) is 13.2 Å². The predicted molar refractivity (Wildman–Crippen MR) is 139 cm³/mol. The van der Waals surface area contributed by atoms with Gasteiger partial charge in [0.1, 0.15) is 16.3 Å². The number of halogens is 1. The van der Waals surface area contributed by atoms with E-state index in [1.165, 1.54) is 0 Å². The number of hydrogen-bond acceptors (Lipinski definition) is 6. The normalized spacial score (nSPS) is 10.3. The van der Waals surface area contributed by atoms with Crippen molar-refractivity contribution in [3.63, 3.8) is 0 Å². The Morgan fingerprint density at radius 1 is 0.788 bits per heavy atom. The number of ether oxygens (including phenoxy) is 3. The van der Waals surface area contributed by atoms with Crippen LogP contribution in [0.25, 0.3) is 0 Å². The molecule has 0 spiro atoms. The number of esters is 2. The lowest BCUT2D eigenvalue weighted by Gasteiger charge is -2.12. The summed E-state index contributed by atoms with van der Waals surface area (Å²) in [5.74, 6) is 0.458. The number of hydrogen-bond donors (Lipinski definition) is 1. The molecule has 2 rings (SSSR count). The van der Waals surface area contributed by atoms with E-state index in [0.29, 0.717) is 24.7 Å². The fourth-order valence-corrected chi connectivity index (χ4v) is 1.83. The monoisotopic (exact) mass is 528 g/mol. The second kappa shape index (κ2) is 25.7. The quantitative estimate of drug-likeness (QED) is 0.328. The van der Waals surface area contributed by atoms with Gasteiger partial charge in [-0.25, -0.2) is 4.79 Å². The number of carbonyl (C=O) groups is 2. The average Bonchev–Trinajstić information content (AvgIpc) is 2.84. The van der Waals surface area contributed by atoms with Crippen LogP contribution in [0.4, 0.5) is 0 Å². The molecule has 6 nitrogen and oxygen atoms in total. The summed E-state index contributed by atoms with van der Waals surface area (Å²) in [6, 6.07) is 17.9. The van der Waals surface area contributed by atoms with Crippen LogP contribution in [0, 0.1) is 0 Å². The molecule has 7 heteroatoms. The molecule has 0 saturated carbocycles. The number of carbonyl (C=O) groups excluding carboxylic acids is 2. The molecule has 0 saturated heterocycles. The van der Waals surface area contributed by atoms with Crippen molar-refractivity contribution in [3.8, 4) is 11.5 Å². The highest BCUT2D eigenvalue weighted by atomic mass is 79.9. The molecule has 33 heavy (non-hydrogen) atoms. The molecule has 2 unspecified atom stereocenters. The molecule has 0 radical (unpaired) electrons. The third-order valence-electron chi connectivity index (χ3n) is 3.04. The summed E-state index contributed by atoms with van der Waals surface area (Å²) in [6.07, 6.45) is -0.558. The summed E-state index contributed by atoms with van der Waals surface area (Å²) in [4.78, 5) is 21.5. The largest absolute Gasteiger partial charge is 0.508 e. The Bertz CT molecular complexity index is 678. The van der Waals surface area contributed by atoms with Gasteiger partial charge in [-0.2, -0.15) is 0 Å². The topological polar surface area (TPSA) is 82.1 Å². The maximum absolute atomic E-state index is 11.2. The molecule has 0 bridgehead atoms. The minimum absolute atomic E-state index is 0.178. The van der Waals surface area contributed by atoms with Crippen LogP contribution in [0.2, 0.25) is 0 Å². The highest BCUT2D eigenvalue weighted by Gasteiger charge is 2.14. The lowest BCUT2D eigenvalue weighted by Crippen LogP contribution is -2.25. The van der Waals surface area contributed by atoms with Crippen molar-refractivity contribution < 1.29 is 28.9 Å². The van der Waals surface area contributed by atoms with Crippen molar-refractivity contribution in [2.45, 2.75) is 66.3 Å². The molecular weight excluding hydrogens is 488 g/mol. The number of aromatic hydroxyl groups is 1. The molecular formula is C26H41BrO6. The van der Waals surface area contributed by atoms with Crippen LogP contribution in [-0.4, -0.2) is 41.2 Å². The van der Waals surface area contributed by atoms with Crippen LogP contribution in [-0.2, 0) is 19.1 Å². The van der Waals surface area contributed by atoms with E-state index in [4.69, 9.17) is 14.6 Å². The maximum atomic E-state index is 11.2. The molecule has 0 amide bonds. The Morgan fingerprint density at radius 3 is 1.48 bits per heavy atom. The van der Waals surface area contributed by atoms with E-state index in [1.54, 1.807) is 64.1 Å². The first kappa shape index (κ1) is 35.1. The van der Waals surface area contributed by atoms with Gasteiger partial charge in [-0.3, -0.25) is 4.79 Å². The standard InChI is InChI=1S/C11H14O3.C6H6O.C5H9BrO2.2C2H6/c1-3-13-11(12)9(2)14-10-7-5-4-6-8-10;7-6-4-2-1-3-5-6;1-3-8-5(7)4(2)6;2*1-2/h4-9H,3H2,1-2H3;1-5,7H;4H,3H2,1-2H3;2*1-2H3. The Labute approximate surface area is 208 Å². The van der Waals surface area contributed by atoms with Crippen LogP contribution >= 0.6 is 15.9 Å². The summed E-state index contributed by atoms with van der Waals surface area (Å²) in [7, 11) is 0. The third kappa shape index (κ3) is 22.4. The van der Waals surface area contributed by atoms with Gasteiger partial charge in [0.2, 0.25) is 0 Å². The van der Waals surface area contributed by atoms with E-state index in [0.717, 1.165) is 0 Å². The summed E-state index contributed by atoms with van der Waals surface area (Å²) >= 11 is 3.07. The fourth-order valence-electron chi connectivity index (χ4n) is 1.70. The van der Waals surface area contributed by atoms with Crippen LogP contribution < -0.4 is 4.74 Å². The second-order valence-corrected chi connectivity index (χ2v) is 6.90. The molecule has 2 aromatic carbocycles. The highest BCUT2D eigenvalue weighted by Crippen LogP contribution is 2.11. The van der Waals surface area contributed by atoms with Crippen molar-refractivity contribution in [1.82, 2.24) is 0 Å². The molecule has 0 aliphatic heterocycles. The lowest BCUT2D eigenvalue weighted by molar-refractivity contribution is -0.150. The van der Waals surface area contributed by atoms with Crippen LogP contribution in [0.3, 0.4) is 0 Å². The molecule has 0 heterocycles. The predicted octanol–water partition coefficient (Wildman–Crippen LogP) is 6.79. The van der Waals surface area contributed by atoms with Gasteiger partial charge >= 0.3 is 11.9 Å². The number of benzene rings is 2. The molecule has 1 N–H and O–H groups in total. The zero-order chi connectivity index (χ0) is 26.1. The minimum Gasteiger partial charge on any atom is -0.508 e. The number of para-hydroxylation sites is 2. The van der Waals surface area contributed by atoms with Gasteiger partial charge in [0, 0.05) is 0 Å². The Hall–Kier alpha value is -2.54. The lowest BCUT2D eigenvalue weighted by atomic mass is 10.3. The molecule has 2 aromatic rings. The van der Waals surface area contributed by atoms with E-state index < -0.39 is 6.10 Å². The molecule has 188 valence electrons. The minimum atomic E-state index is -0.558. The first-order valence-corrected chi connectivity index (χ1v) is 12.2. The summed E-state index contributed by atoms with van der Waals surface area (Å²) in [6.45, 7) is 15.8. The summed E-state index contributed by atoms with van der Waals surface area (Å²) < 4.78 is 14.8. The van der Waals surface area contributed by atoms with Gasteiger partial charge in [0.25, 0.3) is 0 Å². The van der Waals surface area contributed by atoms with Crippen molar-refractivity contribution in [1.29, 1.82) is 0 Å². The highest BCUT2D eigenvalue weighted by molar-refractivity contribution is 9.10. The van der Waals surface area contributed by atoms with Crippen LogP contribution in [0.5, 0.6) is 11.5 Å². The van der Waals surface area contributed by atoms with Crippen molar-refractivity contribution in [2.24, 2.45) is 0 Å². The summed E-state index contributed by atoms with van der Waals surface area (Å²) in [5, 5.41) is 8.63. The Balaban J connectivity index is -0.000000405. The first-order valence-electron chi connectivity index (χ1n) is 11.2. The maximum Gasteiger partial charge on any atom is 0.347 e. The second-order valence-electron chi connectivity index (χ2n) is 5.53. The molecule has 0 aliphatic rings. The molecule has 0 fully saturated rings. The van der Waals surface area contributed by atoms with E-state index in [2.05, 4.69) is 20.7 Å². The van der Waals surface area contributed by atoms with Crippen LogP contribution in [0.15, 0.2) is 60.7 Å². The van der Waals surface area contributed by atoms with Gasteiger partial charge in [-0.1, -0.05) is 80.0 Å². The summed E-state index contributed by atoms with van der Waals surface area (Å²) in [5.41, 5.74) is 0. The third-order valence-corrected chi connectivity index (χ3v) is 3.42. The Morgan fingerprint density at radius 2 is 1.18 bits per heavy atom. The molecule has 2 atom stereocenters. The molecule has 0 aliphatic carbocycles. The smallest absolute Gasteiger partial charge is 0.347 e. The van der Waals surface area contributed by atoms with E-state index in [-0.39, 0.29) is 16.8 Å². The van der Waals surface area contributed by atoms with Gasteiger partial charge < -0.3 is 19.3 Å². The van der Waals surface area contributed by atoms with Gasteiger partial charge in [0.15, 0.2) is 6.10 Å². The Kier molecular flexibility index (Phi) is 27.3. The zero-order valence-electron chi connectivity index (χ0n) is 21.2. The van der Waals surface area contributed by atoms with E-state index >= 15 is 0 Å². The zero-order valence-corrected chi connectivity index (χ0v) is 22.8. The average molecular weight is 530 g/mol. The van der Waals surface area contributed by atoms with E-state index in [1.807, 2.05) is 52.0 Å². The van der Waals surface area contributed by atoms with Crippen molar-refractivity contribution in [3.05, 3.63) is 60.7 Å². The van der Waals surface area contributed by atoms with Gasteiger partial charge in [0.05, 0.1) is 13.2 Å². The SMILES string of the molecule is CC.CC.CCOC(=O)C(C)Br.CCOC(=O)C(C)Oc1ccccc1.Oc1ccccc1. The van der Waals surface area contributed by atoms with Gasteiger partial charge in [-0.15, -0.1) is 0 Å². The fraction of sp³-hybridized carbons (Fsp3) is 0.462. The van der Waals surface area contributed by atoms with Crippen molar-refractivity contribution >= 4 is 27.9 Å². The van der Waals surface area contributed by atoms with Gasteiger partial charge in [-0.05, 0) is 52.0 Å². The number of phenols is 1. The number of phenolic OH excluding ortho intramolecular Hbond substituents is 1. The number of alkyl halides is 1. The van der Waals surface area contributed by atoms with E-state index in [9.17, 15) is 9.59 Å². The molecule has 0 aromatic heterocycles. The first-order chi connectivity index (χ1) is 15.8. The number of rotatable bonds is 6. The van der Waals surface area contributed by atoms with Crippen LogP contribution in [0.1, 0.15) is 55.4 Å².